The first kappa shape index (κ1) is 18.5. The molecule has 1 aromatic heterocycles. The van der Waals surface area contributed by atoms with Crippen LogP contribution < -0.4 is 10.1 Å². The normalized spacial score (nSPS) is 22.0. The minimum absolute atomic E-state index is 0.299. The SMILES string of the molecule is COc1ccc(NC2(c3nnnn3-c3ccccc3C)CCC(C)CC2)cc1. The molecule has 1 fully saturated rings. The lowest BCUT2D eigenvalue weighted by atomic mass is 9.76. The fourth-order valence-electron chi connectivity index (χ4n) is 4.06. The number of aryl methyl sites for hydroxylation is 1. The fourth-order valence-corrected chi connectivity index (χ4v) is 4.06. The van der Waals surface area contributed by atoms with Gasteiger partial charge in [0.15, 0.2) is 5.82 Å². The molecule has 0 amide bonds. The zero-order valence-corrected chi connectivity index (χ0v) is 16.7. The summed E-state index contributed by atoms with van der Waals surface area (Å²) in [6, 6.07) is 16.3. The first-order valence-corrected chi connectivity index (χ1v) is 9.88. The number of ether oxygens (including phenoxy) is 1. The Hall–Kier alpha value is -2.89. The molecule has 0 atom stereocenters. The average molecular weight is 377 g/mol. The molecule has 0 radical (unpaired) electrons. The number of hydrogen-bond acceptors (Lipinski definition) is 5. The first-order valence-electron chi connectivity index (χ1n) is 9.88. The highest BCUT2D eigenvalue weighted by atomic mass is 16.5. The monoisotopic (exact) mass is 377 g/mol. The lowest BCUT2D eigenvalue weighted by Gasteiger charge is -2.39. The molecule has 6 heteroatoms. The third kappa shape index (κ3) is 3.46. The molecule has 0 saturated heterocycles. The van der Waals surface area contributed by atoms with Crippen LogP contribution in [0.4, 0.5) is 5.69 Å². The molecule has 2 aromatic carbocycles. The minimum atomic E-state index is -0.299. The van der Waals surface area contributed by atoms with Gasteiger partial charge in [0, 0.05) is 5.69 Å². The predicted molar refractivity (Wildman–Crippen MR) is 110 cm³/mol. The first-order chi connectivity index (χ1) is 13.6. The van der Waals surface area contributed by atoms with E-state index in [1.54, 1.807) is 7.11 Å². The van der Waals surface area contributed by atoms with Crippen LogP contribution in [0.2, 0.25) is 0 Å². The maximum Gasteiger partial charge on any atom is 0.181 e. The summed E-state index contributed by atoms with van der Waals surface area (Å²) in [6.07, 6.45) is 4.27. The van der Waals surface area contributed by atoms with Crippen molar-refractivity contribution < 1.29 is 4.74 Å². The highest BCUT2D eigenvalue weighted by Crippen LogP contribution is 2.41. The van der Waals surface area contributed by atoms with Gasteiger partial charge in [0.25, 0.3) is 0 Å². The van der Waals surface area contributed by atoms with Gasteiger partial charge in [0.05, 0.1) is 18.3 Å². The molecule has 3 aromatic rings. The molecule has 0 bridgehead atoms. The van der Waals surface area contributed by atoms with E-state index in [0.717, 1.165) is 54.2 Å². The van der Waals surface area contributed by atoms with Gasteiger partial charge in [-0.05, 0) is 84.8 Å². The van der Waals surface area contributed by atoms with Crippen molar-refractivity contribution in [3.8, 4) is 11.4 Å². The van der Waals surface area contributed by atoms with Gasteiger partial charge in [-0.15, -0.1) is 5.10 Å². The van der Waals surface area contributed by atoms with Gasteiger partial charge in [-0.1, -0.05) is 25.1 Å². The van der Waals surface area contributed by atoms with Crippen LogP contribution in [0.5, 0.6) is 5.75 Å². The molecule has 146 valence electrons. The van der Waals surface area contributed by atoms with Crippen LogP contribution in [0, 0.1) is 12.8 Å². The molecule has 1 aliphatic carbocycles. The van der Waals surface area contributed by atoms with Crippen LogP contribution in [0.3, 0.4) is 0 Å². The second-order valence-electron chi connectivity index (χ2n) is 7.82. The van der Waals surface area contributed by atoms with E-state index in [1.165, 1.54) is 0 Å². The molecule has 1 N–H and O–H groups in total. The average Bonchev–Trinajstić information content (AvgIpc) is 3.21. The molecule has 0 spiro atoms. The molecule has 0 unspecified atom stereocenters. The third-order valence-corrected chi connectivity index (χ3v) is 5.84. The van der Waals surface area contributed by atoms with E-state index >= 15 is 0 Å². The quantitative estimate of drug-likeness (QED) is 0.709. The van der Waals surface area contributed by atoms with Crippen LogP contribution in [0.15, 0.2) is 48.5 Å². The minimum Gasteiger partial charge on any atom is -0.497 e. The number of benzene rings is 2. The van der Waals surface area contributed by atoms with Crippen LogP contribution in [-0.4, -0.2) is 27.3 Å². The van der Waals surface area contributed by atoms with Gasteiger partial charge in [-0.2, -0.15) is 4.68 Å². The Labute approximate surface area is 165 Å². The summed E-state index contributed by atoms with van der Waals surface area (Å²) in [7, 11) is 1.68. The van der Waals surface area contributed by atoms with Gasteiger partial charge in [-0.3, -0.25) is 0 Å². The Kier molecular flexibility index (Phi) is 5.03. The third-order valence-electron chi connectivity index (χ3n) is 5.84. The fraction of sp³-hybridized carbons (Fsp3) is 0.409. The van der Waals surface area contributed by atoms with E-state index < -0.39 is 0 Å². The Morgan fingerprint density at radius 2 is 1.79 bits per heavy atom. The van der Waals surface area contributed by atoms with E-state index in [-0.39, 0.29) is 5.54 Å². The summed E-state index contributed by atoms with van der Waals surface area (Å²) in [5, 5.41) is 16.7. The van der Waals surface area contributed by atoms with E-state index in [0.29, 0.717) is 5.92 Å². The molecule has 4 rings (SSSR count). The van der Waals surface area contributed by atoms with Crippen molar-refractivity contribution in [3.63, 3.8) is 0 Å². The summed E-state index contributed by atoms with van der Waals surface area (Å²) in [5.74, 6) is 2.44. The number of hydrogen-bond donors (Lipinski definition) is 1. The van der Waals surface area contributed by atoms with Crippen molar-refractivity contribution in [3.05, 3.63) is 59.9 Å². The van der Waals surface area contributed by atoms with Crippen LogP contribution in [0.1, 0.15) is 44.0 Å². The van der Waals surface area contributed by atoms with Crippen LogP contribution in [-0.2, 0) is 5.54 Å². The molecule has 6 nitrogen and oxygen atoms in total. The molecular formula is C22H27N5O. The van der Waals surface area contributed by atoms with Gasteiger partial charge in [-0.25, -0.2) is 0 Å². The van der Waals surface area contributed by atoms with Crippen molar-refractivity contribution in [2.24, 2.45) is 5.92 Å². The number of anilines is 1. The second kappa shape index (κ2) is 7.62. The van der Waals surface area contributed by atoms with Crippen molar-refractivity contribution in [1.29, 1.82) is 0 Å². The number of rotatable bonds is 5. The van der Waals surface area contributed by atoms with E-state index in [1.807, 2.05) is 28.9 Å². The van der Waals surface area contributed by atoms with E-state index in [9.17, 15) is 0 Å². The molecule has 28 heavy (non-hydrogen) atoms. The Bertz CT molecular complexity index is 926. The van der Waals surface area contributed by atoms with Crippen molar-refractivity contribution >= 4 is 5.69 Å². The standard InChI is InChI=1S/C22H27N5O/c1-16-12-14-22(15-13-16,23-18-8-10-19(28-3)11-9-18)21-24-25-26-27(21)20-7-5-4-6-17(20)2/h4-11,16,23H,12-15H2,1-3H3. The van der Waals surface area contributed by atoms with Crippen LogP contribution >= 0.6 is 0 Å². The Morgan fingerprint density at radius 1 is 1.07 bits per heavy atom. The molecular weight excluding hydrogens is 350 g/mol. The molecule has 1 heterocycles. The summed E-state index contributed by atoms with van der Waals surface area (Å²) in [4.78, 5) is 0. The summed E-state index contributed by atoms with van der Waals surface area (Å²) < 4.78 is 7.20. The number of tetrazole rings is 1. The summed E-state index contributed by atoms with van der Waals surface area (Å²) in [6.45, 7) is 4.41. The Balaban J connectivity index is 1.75. The lowest BCUT2D eigenvalue weighted by Crippen LogP contribution is -2.41. The molecule has 1 aliphatic rings. The zero-order valence-electron chi connectivity index (χ0n) is 16.7. The number of nitrogens with zero attached hydrogens (tertiary/aromatic N) is 4. The van der Waals surface area contributed by atoms with Gasteiger partial charge in [0.1, 0.15) is 5.75 Å². The van der Waals surface area contributed by atoms with E-state index in [4.69, 9.17) is 4.74 Å². The number of para-hydroxylation sites is 1. The van der Waals surface area contributed by atoms with E-state index in [2.05, 4.69) is 59.0 Å². The smallest absolute Gasteiger partial charge is 0.181 e. The zero-order chi connectivity index (χ0) is 19.6. The Morgan fingerprint density at radius 3 is 2.46 bits per heavy atom. The number of methoxy groups -OCH3 is 1. The predicted octanol–water partition coefficient (Wildman–Crippen LogP) is 4.50. The maximum atomic E-state index is 5.30. The summed E-state index contributed by atoms with van der Waals surface area (Å²) >= 11 is 0. The maximum absolute atomic E-state index is 5.30. The van der Waals surface area contributed by atoms with Crippen molar-refractivity contribution in [2.75, 3.05) is 12.4 Å². The number of aromatic nitrogens is 4. The largest absolute Gasteiger partial charge is 0.497 e. The van der Waals surface area contributed by atoms with Crippen molar-refractivity contribution in [1.82, 2.24) is 20.2 Å². The second-order valence-corrected chi connectivity index (χ2v) is 7.82. The van der Waals surface area contributed by atoms with Crippen molar-refractivity contribution in [2.45, 2.75) is 45.1 Å². The highest BCUT2D eigenvalue weighted by molar-refractivity contribution is 5.50. The molecule has 1 saturated carbocycles. The van der Waals surface area contributed by atoms with Gasteiger partial charge >= 0.3 is 0 Å². The van der Waals surface area contributed by atoms with Gasteiger partial charge in [0.2, 0.25) is 0 Å². The van der Waals surface area contributed by atoms with Gasteiger partial charge < -0.3 is 10.1 Å². The highest BCUT2D eigenvalue weighted by Gasteiger charge is 2.41. The summed E-state index contributed by atoms with van der Waals surface area (Å²) in [5.41, 5.74) is 2.93. The topological polar surface area (TPSA) is 64.9 Å². The number of nitrogens with one attached hydrogen (secondary N) is 1. The lowest BCUT2D eigenvalue weighted by molar-refractivity contribution is 0.255. The van der Waals surface area contributed by atoms with Crippen LogP contribution in [0.25, 0.3) is 5.69 Å². The molecule has 0 aliphatic heterocycles.